The monoisotopic (exact) mass is 291 g/mol. The van der Waals surface area contributed by atoms with Gasteiger partial charge >= 0.3 is 6.36 Å². The summed E-state index contributed by atoms with van der Waals surface area (Å²) in [5.41, 5.74) is 1.46. The van der Waals surface area contributed by atoms with Crippen molar-refractivity contribution >= 4 is 6.29 Å². The predicted octanol–water partition coefficient (Wildman–Crippen LogP) is 3.94. The SMILES string of the molecule is N#Cc1ccc(OC(F)(F)F)cc1-c1ccc(C=O)cc1. The quantitative estimate of drug-likeness (QED) is 0.805. The first-order chi connectivity index (χ1) is 9.93. The van der Waals surface area contributed by atoms with Crippen molar-refractivity contribution in [1.29, 1.82) is 5.26 Å². The maximum Gasteiger partial charge on any atom is 0.573 e. The lowest BCUT2D eigenvalue weighted by Crippen LogP contribution is -2.17. The molecule has 3 nitrogen and oxygen atoms in total. The molecule has 0 N–H and O–H groups in total. The molecule has 2 rings (SSSR count). The molecule has 0 bridgehead atoms. The number of carbonyl (C=O) groups is 1. The molecule has 21 heavy (non-hydrogen) atoms. The summed E-state index contributed by atoms with van der Waals surface area (Å²) < 4.78 is 40.5. The van der Waals surface area contributed by atoms with E-state index in [2.05, 4.69) is 4.74 Å². The molecule has 0 aromatic heterocycles. The fourth-order valence-electron chi connectivity index (χ4n) is 1.80. The summed E-state index contributed by atoms with van der Waals surface area (Å²) in [7, 11) is 0. The molecule has 2 aromatic carbocycles. The minimum Gasteiger partial charge on any atom is -0.406 e. The van der Waals surface area contributed by atoms with Crippen molar-refractivity contribution in [3.63, 3.8) is 0 Å². The summed E-state index contributed by atoms with van der Waals surface area (Å²) in [4.78, 5) is 10.6. The lowest BCUT2D eigenvalue weighted by molar-refractivity contribution is -0.274. The minimum atomic E-state index is -4.80. The number of carbonyl (C=O) groups excluding carboxylic acids is 1. The number of nitriles is 1. The minimum absolute atomic E-state index is 0.211. The Labute approximate surface area is 118 Å². The van der Waals surface area contributed by atoms with Crippen LogP contribution in [0.25, 0.3) is 11.1 Å². The van der Waals surface area contributed by atoms with Crippen LogP contribution in [0, 0.1) is 11.3 Å². The normalized spacial score (nSPS) is 10.8. The summed E-state index contributed by atoms with van der Waals surface area (Å²) in [5, 5.41) is 9.03. The van der Waals surface area contributed by atoms with Gasteiger partial charge in [-0.2, -0.15) is 5.26 Å². The van der Waals surface area contributed by atoms with Gasteiger partial charge in [0.2, 0.25) is 0 Å². The van der Waals surface area contributed by atoms with Gasteiger partial charge in [-0.15, -0.1) is 13.2 Å². The van der Waals surface area contributed by atoms with Crippen molar-refractivity contribution in [2.24, 2.45) is 0 Å². The van der Waals surface area contributed by atoms with Crippen molar-refractivity contribution in [1.82, 2.24) is 0 Å². The topological polar surface area (TPSA) is 50.1 Å². The van der Waals surface area contributed by atoms with Crippen LogP contribution in [0.4, 0.5) is 13.2 Å². The van der Waals surface area contributed by atoms with Crippen molar-refractivity contribution in [3.05, 3.63) is 53.6 Å². The Bertz CT molecular complexity index is 700. The number of hydrogen-bond donors (Lipinski definition) is 0. The molecule has 0 aliphatic heterocycles. The van der Waals surface area contributed by atoms with Gasteiger partial charge in [-0.25, -0.2) is 0 Å². The zero-order valence-electron chi connectivity index (χ0n) is 10.5. The fraction of sp³-hybridized carbons (Fsp3) is 0.0667. The number of rotatable bonds is 3. The molecule has 0 unspecified atom stereocenters. The van der Waals surface area contributed by atoms with Gasteiger partial charge in [0.1, 0.15) is 12.0 Å². The number of halogens is 3. The van der Waals surface area contributed by atoms with Gasteiger partial charge < -0.3 is 4.74 Å². The lowest BCUT2D eigenvalue weighted by atomic mass is 9.99. The summed E-state index contributed by atoms with van der Waals surface area (Å²) >= 11 is 0. The van der Waals surface area contributed by atoms with E-state index >= 15 is 0 Å². The third kappa shape index (κ3) is 3.60. The molecule has 0 radical (unpaired) electrons. The van der Waals surface area contributed by atoms with Crippen molar-refractivity contribution in [2.45, 2.75) is 6.36 Å². The molecule has 0 saturated heterocycles. The zero-order chi connectivity index (χ0) is 15.5. The summed E-state index contributed by atoms with van der Waals surface area (Å²) in [5.74, 6) is -0.407. The van der Waals surface area contributed by atoms with Gasteiger partial charge in [0, 0.05) is 11.1 Å². The molecule has 0 spiro atoms. The van der Waals surface area contributed by atoms with Gasteiger partial charge in [-0.05, 0) is 23.8 Å². The van der Waals surface area contributed by atoms with Crippen LogP contribution in [-0.2, 0) is 0 Å². The van der Waals surface area contributed by atoms with E-state index in [1.165, 1.54) is 18.2 Å². The Morgan fingerprint density at radius 1 is 1.10 bits per heavy atom. The molecule has 0 atom stereocenters. The number of alkyl halides is 3. The molecule has 0 heterocycles. The largest absolute Gasteiger partial charge is 0.573 e. The van der Waals surface area contributed by atoms with E-state index < -0.39 is 12.1 Å². The molecule has 6 heteroatoms. The number of aldehydes is 1. The molecular weight excluding hydrogens is 283 g/mol. The Kier molecular flexibility index (Phi) is 3.94. The Morgan fingerprint density at radius 2 is 1.76 bits per heavy atom. The third-order valence-electron chi connectivity index (χ3n) is 2.70. The molecule has 2 aromatic rings. The highest BCUT2D eigenvalue weighted by Crippen LogP contribution is 2.30. The molecule has 0 saturated carbocycles. The standard InChI is InChI=1S/C15H8F3NO2/c16-15(17,18)21-13-6-5-12(8-19)14(7-13)11-3-1-10(9-20)2-4-11/h1-7,9H. The van der Waals surface area contributed by atoms with Crippen molar-refractivity contribution < 1.29 is 22.7 Å². The summed E-state index contributed by atoms with van der Waals surface area (Å²) in [6, 6.07) is 11.5. The van der Waals surface area contributed by atoms with Crippen LogP contribution < -0.4 is 4.74 Å². The molecule has 106 valence electrons. The van der Waals surface area contributed by atoms with Crippen molar-refractivity contribution in [3.8, 4) is 22.9 Å². The van der Waals surface area contributed by atoms with Crippen LogP contribution in [-0.4, -0.2) is 12.6 Å². The Morgan fingerprint density at radius 3 is 2.29 bits per heavy atom. The van der Waals surface area contributed by atoms with E-state index in [1.807, 2.05) is 6.07 Å². The number of benzene rings is 2. The first-order valence-electron chi connectivity index (χ1n) is 5.78. The summed E-state index contributed by atoms with van der Waals surface area (Å²) in [6.45, 7) is 0. The molecular formula is C15H8F3NO2. The average Bonchev–Trinajstić information content (AvgIpc) is 2.45. The maximum atomic E-state index is 12.2. The van der Waals surface area contributed by atoms with Crippen LogP contribution in [0.15, 0.2) is 42.5 Å². The van der Waals surface area contributed by atoms with E-state index in [0.717, 1.165) is 12.1 Å². The van der Waals surface area contributed by atoms with Crippen LogP contribution in [0.2, 0.25) is 0 Å². The Balaban J connectivity index is 2.46. The fourth-order valence-corrected chi connectivity index (χ4v) is 1.80. The molecule has 0 amide bonds. The average molecular weight is 291 g/mol. The molecule has 0 aliphatic carbocycles. The second kappa shape index (κ2) is 5.67. The molecule has 0 aliphatic rings. The lowest BCUT2D eigenvalue weighted by Gasteiger charge is -2.11. The first kappa shape index (κ1) is 14.6. The van der Waals surface area contributed by atoms with Gasteiger partial charge in [-0.3, -0.25) is 4.79 Å². The highest BCUT2D eigenvalue weighted by Gasteiger charge is 2.31. The van der Waals surface area contributed by atoms with Crippen LogP contribution in [0.5, 0.6) is 5.75 Å². The number of hydrogen-bond acceptors (Lipinski definition) is 3. The second-order valence-corrected chi connectivity index (χ2v) is 4.11. The summed E-state index contributed by atoms with van der Waals surface area (Å²) in [6.07, 6.45) is -4.15. The third-order valence-corrected chi connectivity index (χ3v) is 2.70. The van der Waals surface area contributed by atoms with Crippen LogP contribution in [0.3, 0.4) is 0 Å². The van der Waals surface area contributed by atoms with Gasteiger partial charge in [-0.1, -0.05) is 24.3 Å². The van der Waals surface area contributed by atoms with Gasteiger partial charge in [0.05, 0.1) is 11.6 Å². The number of nitrogens with zero attached hydrogens (tertiary/aromatic N) is 1. The highest BCUT2D eigenvalue weighted by atomic mass is 19.4. The van der Waals surface area contributed by atoms with Crippen LogP contribution in [0.1, 0.15) is 15.9 Å². The first-order valence-corrected chi connectivity index (χ1v) is 5.78. The second-order valence-electron chi connectivity index (χ2n) is 4.11. The number of ether oxygens (including phenoxy) is 1. The van der Waals surface area contributed by atoms with E-state index in [1.54, 1.807) is 12.1 Å². The van der Waals surface area contributed by atoms with E-state index in [-0.39, 0.29) is 5.56 Å². The van der Waals surface area contributed by atoms with Gasteiger partial charge in [0.15, 0.2) is 0 Å². The van der Waals surface area contributed by atoms with E-state index in [9.17, 15) is 18.0 Å². The van der Waals surface area contributed by atoms with Gasteiger partial charge in [0.25, 0.3) is 0 Å². The smallest absolute Gasteiger partial charge is 0.406 e. The molecule has 0 fully saturated rings. The van der Waals surface area contributed by atoms with E-state index in [0.29, 0.717) is 23.0 Å². The van der Waals surface area contributed by atoms with Crippen LogP contribution >= 0.6 is 0 Å². The Hall–Kier alpha value is -2.81. The highest BCUT2D eigenvalue weighted by molar-refractivity contribution is 5.78. The zero-order valence-corrected chi connectivity index (χ0v) is 10.5. The predicted molar refractivity (Wildman–Crippen MR) is 68.7 cm³/mol. The maximum absolute atomic E-state index is 12.2. The van der Waals surface area contributed by atoms with Crippen molar-refractivity contribution in [2.75, 3.05) is 0 Å². The van der Waals surface area contributed by atoms with E-state index in [4.69, 9.17) is 5.26 Å².